The van der Waals surface area contributed by atoms with Gasteiger partial charge in [-0.1, -0.05) is 0 Å². The molecular formula is C22H22N6O5. The van der Waals surface area contributed by atoms with E-state index in [9.17, 15) is 4.79 Å². The van der Waals surface area contributed by atoms with Crippen molar-refractivity contribution < 1.29 is 23.7 Å². The average molecular weight is 450 g/mol. The van der Waals surface area contributed by atoms with Crippen molar-refractivity contribution in [1.29, 1.82) is 0 Å². The molecule has 1 aromatic carbocycles. The summed E-state index contributed by atoms with van der Waals surface area (Å²) in [7, 11) is 4.60. The third kappa shape index (κ3) is 4.61. The van der Waals surface area contributed by atoms with Gasteiger partial charge >= 0.3 is 0 Å². The number of amides is 1. The highest BCUT2D eigenvalue weighted by Gasteiger charge is 2.14. The lowest BCUT2D eigenvalue weighted by Crippen LogP contribution is -2.28. The highest BCUT2D eigenvalue weighted by atomic mass is 16.5. The molecule has 0 saturated carbocycles. The minimum Gasteiger partial charge on any atom is -0.493 e. The van der Waals surface area contributed by atoms with Gasteiger partial charge in [-0.2, -0.15) is 4.52 Å². The zero-order valence-electron chi connectivity index (χ0n) is 18.3. The molecule has 3 aromatic heterocycles. The Morgan fingerprint density at radius 2 is 1.85 bits per heavy atom. The summed E-state index contributed by atoms with van der Waals surface area (Å²) >= 11 is 0. The Morgan fingerprint density at radius 1 is 1.00 bits per heavy atom. The molecule has 4 aromatic rings. The van der Waals surface area contributed by atoms with E-state index in [-0.39, 0.29) is 24.9 Å². The maximum Gasteiger partial charge on any atom is 0.256 e. The topological polar surface area (TPSA) is 122 Å². The van der Waals surface area contributed by atoms with Gasteiger partial charge in [-0.25, -0.2) is 4.98 Å². The number of ether oxygens (including phenoxy) is 4. The first-order valence-corrected chi connectivity index (χ1v) is 9.99. The van der Waals surface area contributed by atoms with Crippen molar-refractivity contribution in [1.82, 2.24) is 30.1 Å². The van der Waals surface area contributed by atoms with E-state index in [1.807, 2.05) is 6.07 Å². The second kappa shape index (κ2) is 9.81. The number of nitrogens with one attached hydrogen (secondary N) is 1. The normalized spacial score (nSPS) is 10.6. The quantitative estimate of drug-likeness (QED) is 0.382. The molecule has 4 rings (SSSR count). The molecule has 0 spiro atoms. The fourth-order valence-electron chi connectivity index (χ4n) is 3.15. The fourth-order valence-corrected chi connectivity index (χ4v) is 3.15. The highest BCUT2D eigenvalue weighted by molar-refractivity contribution is 5.96. The van der Waals surface area contributed by atoms with Gasteiger partial charge in [0.15, 0.2) is 23.0 Å². The Kier molecular flexibility index (Phi) is 6.48. The monoisotopic (exact) mass is 450 g/mol. The van der Waals surface area contributed by atoms with Crippen molar-refractivity contribution >= 4 is 11.6 Å². The third-order valence-corrected chi connectivity index (χ3v) is 4.73. The zero-order chi connectivity index (χ0) is 23.2. The van der Waals surface area contributed by atoms with Gasteiger partial charge in [-0.05, 0) is 36.4 Å². The molecule has 0 saturated heterocycles. The van der Waals surface area contributed by atoms with Crippen LogP contribution in [0, 0.1) is 0 Å². The summed E-state index contributed by atoms with van der Waals surface area (Å²) in [5.74, 6) is 2.02. The van der Waals surface area contributed by atoms with Crippen molar-refractivity contribution in [2.75, 3.05) is 34.5 Å². The molecule has 0 atom stereocenters. The summed E-state index contributed by atoms with van der Waals surface area (Å²) in [4.78, 5) is 16.4. The van der Waals surface area contributed by atoms with Crippen LogP contribution in [0.5, 0.6) is 23.3 Å². The van der Waals surface area contributed by atoms with E-state index in [0.29, 0.717) is 34.4 Å². The van der Waals surface area contributed by atoms with Crippen LogP contribution < -0.4 is 24.3 Å². The molecule has 33 heavy (non-hydrogen) atoms. The van der Waals surface area contributed by atoms with E-state index in [1.54, 1.807) is 61.3 Å². The molecule has 0 aliphatic rings. The lowest BCUT2D eigenvalue weighted by atomic mass is 10.2. The number of rotatable bonds is 9. The molecule has 0 bridgehead atoms. The van der Waals surface area contributed by atoms with Gasteiger partial charge < -0.3 is 24.3 Å². The summed E-state index contributed by atoms with van der Waals surface area (Å²) in [6.07, 6.45) is 1.56. The summed E-state index contributed by atoms with van der Waals surface area (Å²) in [5.41, 5.74) is 1.66. The van der Waals surface area contributed by atoms with E-state index in [2.05, 4.69) is 25.6 Å². The van der Waals surface area contributed by atoms with Gasteiger partial charge in [-0.15, -0.1) is 15.3 Å². The van der Waals surface area contributed by atoms with Gasteiger partial charge in [-0.3, -0.25) is 4.79 Å². The predicted molar refractivity (Wildman–Crippen MR) is 118 cm³/mol. The molecule has 0 unspecified atom stereocenters. The first-order valence-electron chi connectivity index (χ1n) is 9.99. The second-order valence-electron chi connectivity index (χ2n) is 6.70. The smallest absolute Gasteiger partial charge is 0.256 e. The first kappa shape index (κ1) is 21.8. The Morgan fingerprint density at radius 3 is 2.64 bits per heavy atom. The Labute approximate surface area is 189 Å². The van der Waals surface area contributed by atoms with Crippen LogP contribution in [0.3, 0.4) is 0 Å². The van der Waals surface area contributed by atoms with Gasteiger partial charge in [0.2, 0.25) is 11.8 Å². The third-order valence-electron chi connectivity index (χ3n) is 4.73. The van der Waals surface area contributed by atoms with Crippen LogP contribution in [0.4, 0.5) is 0 Å². The van der Waals surface area contributed by atoms with Crippen LogP contribution in [-0.2, 0) is 0 Å². The van der Waals surface area contributed by atoms with E-state index in [1.165, 1.54) is 7.11 Å². The standard InChI is InChI=1S/C22H22N6O5/c1-30-16-7-6-14(13-17(16)31-2)20-26-25-18-8-9-19(27-28(18)20)33-12-11-23-21(29)15-5-4-10-24-22(15)32-3/h4-10,13H,11-12H2,1-3H3,(H,23,29). The molecule has 0 aliphatic carbocycles. The van der Waals surface area contributed by atoms with Crippen molar-refractivity contribution in [2.45, 2.75) is 0 Å². The summed E-state index contributed by atoms with van der Waals surface area (Å²) in [6.45, 7) is 0.474. The van der Waals surface area contributed by atoms with E-state index in [0.717, 1.165) is 5.56 Å². The number of hydrogen-bond acceptors (Lipinski definition) is 9. The maximum atomic E-state index is 12.3. The zero-order valence-corrected chi connectivity index (χ0v) is 18.3. The largest absolute Gasteiger partial charge is 0.493 e. The molecule has 11 heteroatoms. The summed E-state index contributed by atoms with van der Waals surface area (Å²) in [6, 6.07) is 12.2. The Balaban J connectivity index is 1.44. The number of carbonyl (C=O) groups is 1. The SMILES string of the molecule is COc1ccc(-c2nnc3ccc(OCCNC(=O)c4cccnc4OC)nn23)cc1OC. The number of methoxy groups -OCH3 is 3. The van der Waals surface area contributed by atoms with Crippen LogP contribution in [0.2, 0.25) is 0 Å². The number of fused-ring (bicyclic) bond motifs is 1. The Hall–Kier alpha value is -4.41. The van der Waals surface area contributed by atoms with Gasteiger partial charge in [0.25, 0.3) is 5.91 Å². The molecule has 1 amide bonds. The molecule has 0 fully saturated rings. The van der Waals surface area contributed by atoms with Crippen LogP contribution in [0.25, 0.3) is 17.0 Å². The maximum absolute atomic E-state index is 12.3. The lowest BCUT2D eigenvalue weighted by Gasteiger charge is -2.10. The predicted octanol–water partition coefficient (Wildman–Crippen LogP) is 2.02. The fraction of sp³-hybridized carbons (Fsp3) is 0.227. The molecule has 11 nitrogen and oxygen atoms in total. The molecule has 3 heterocycles. The number of pyridine rings is 1. The van der Waals surface area contributed by atoms with E-state index >= 15 is 0 Å². The average Bonchev–Trinajstić information content (AvgIpc) is 3.29. The van der Waals surface area contributed by atoms with Crippen LogP contribution >= 0.6 is 0 Å². The molecular weight excluding hydrogens is 428 g/mol. The van der Waals surface area contributed by atoms with Gasteiger partial charge in [0.05, 0.1) is 27.9 Å². The summed E-state index contributed by atoms with van der Waals surface area (Å²) < 4.78 is 23.0. The van der Waals surface area contributed by atoms with E-state index < -0.39 is 0 Å². The van der Waals surface area contributed by atoms with Crippen LogP contribution in [0.1, 0.15) is 10.4 Å². The van der Waals surface area contributed by atoms with Crippen LogP contribution in [-0.4, -0.2) is 65.2 Å². The second-order valence-corrected chi connectivity index (χ2v) is 6.70. The molecule has 170 valence electrons. The summed E-state index contributed by atoms with van der Waals surface area (Å²) in [5, 5.41) is 15.6. The van der Waals surface area contributed by atoms with E-state index in [4.69, 9.17) is 18.9 Å². The number of benzene rings is 1. The van der Waals surface area contributed by atoms with Crippen molar-refractivity contribution in [3.63, 3.8) is 0 Å². The Bertz CT molecular complexity index is 1280. The molecule has 1 N–H and O–H groups in total. The molecule has 0 radical (unpaired) electrons. The number of nitrogens with zero attached hydrogens (tertiary/aromatic N) is 5. The number of hydrogen-bond donors (Lipinski definition) is 1. The first-order chi connectivity index (χ1) is 16.1. The van der Waals surface area contributed by atoms with Crippen LogP contribution in [0.15, 0.2) is 48.7 Å². The number of carbonyl (C=O) groups excluding carboxylic acids is 1. The highest BCUT2D eigenvalue weighted by Crippen LogP contribution is 2.31. The molecule has 0 aliphatic heterocycles. The lowest BCUT2D eigenvalue weighted by molar-refractivity contribution is 0.0942. The van der Waals surface area contributed by atoms with Crippen molar-refractivity contribution in [2.24, 2.45) is 0 Å². The minimum atomic E-state index is -0.304. The number of aromatic nitrogens is 5. The van der Waals surface area contributed by atoms with Crippen molar-refractivity contribution in [3.05, 3.63) is 54.2 Å². The van der Waals surface area contributed by atoms with Gasteiger partial charge in [0.1, 0.15) is 12.2 Å². The van der Waals surface area contributed by atoms with Crippen molar-refractivity contribution in [3.8, 4) is 34.6 Å². The van der Waals surface area contributed by atoms with Gasteiger partial charge in [0, 0.05) is 17.8 Å². The minimum absolute atomic E-state index is 0.209.